The highest BCUT2D eigenvalue weighted by atomic mass is 32.1. The molecule has 4 heteroatoms. The third kappa shape index (κ3) is 2.18. The number of rotatable bonds is 2. The molecule has 0 bridgehead atoms. The van der Waals surface area contributed by atoms with Crippen LogP contribution >= 0.6 is 11.3 Å². The van der Waals surface area contributed by atoms with Crippen molar-refractivity contribution in [1.29, 1.82) is 0 Å². The fourth-order valence-electron chi connectivity index (χ4n) is 4.54. The van der Waals surface area contributed by atoms with Gasteiger partial charge >= 0.3 is 0 Å². The number of allylic oxidation sites excluding steroid dienone is 1. The third-order valence-corrected chi connectivity index (χ3v) is 6.75. The van der Waals surface area contributed by atoms with Crippen molar-refractivity contribution >= 4 is 34.8 Å². The Balaban J connectivity index is 1.79. The molecule has 0 N–H and O–H groups in total. The van der Waals surface area contributed by atoms with Crippen LogP contribution in [-0.2, 0) is 4.79 Å². The minimum Gasteiger partial charge on any atom is -0.294 e. The third-order valence-electron chi connectivity index (χ3n) is 5.77. The van der Waals surface area contributed by atoms with Gasteiger partial charge in [-0.2, -0.15) is 0 Å². The van der Waals surface area contributed by atoms with Crippen molar-refractivity contribution in [3.8, 4) is 0 Å². The topological polar surface area (TPSA) is 51.2 Å². The average Bonchev–Trinajstić information content (AvgIpc) is 3.40. The molecule has 1 aromatic heterocycles. The first-order valence-electron chi connectivity index (χ1n) is 9.16. The molecule has 0 aliphatic heterocycles. The lowest BCUT2D eigenvalue weighted by molar-refractivity contribution is -0.114. The molecule has 28 heavy (non-hydrogen) atoms. The number of thiophene rings is 1. The van der Waals surface area contributed by atoms with E-state index >= 15 is 0 Å². The smallest absolute Gasteiger partial charge is 0.182 e. The normalized spacial score (nSPS) is 21.6. The Bertz CT molecular complexity index is 1100. The Morgan fingerprint density at radius 1 is 0.821 bits per heavy atom. The van der Waals surface area contributed by atoms with Gasteiger partial charge in [-0.25, -0.2) is 0 Å². The largest absolute Gasteiger partial charge is 0.294 e. The van der Waals surface area contributed by atoms with Gasteiger partial charge in [0.1, 0.15) is 5.41 Å². The van der Waals surface area contributed by atoms with Crippen molar-refractivity contribution in [2.45, 2.75) is 12.3 Å². The molecular formula is C24H16O3S. The number of benzene rings is 2. The lowest BCUT2D eigenvalue weighted by Gasteiger charge is -2.28. The number of hydrogen-bond acceptors (Lipinski definition) is 4. The van der Waals surface area contributed by atoms with Crippen LogP contribution in [0.3, 0.4) is 0 Å². The molecule has 3 nitrogen and oxygen atoms in total. The van der Waals surface area contributed by atoms with Crippen LogP contribution in [0.25, 0.3) is 6.08 Å². The molecule has 0 radical (unpaired) electrons. The first-order chi connectivity index (χ1) is 13.6. The van der Waals surface area contributed by atoms with Crippen molar-refractivity contribution in [2.75, 3.05) is 0 Å². The van der Waals surface area contributed by atoms with Gasteiger partial charge in [0.05, 0.1) is 0 Å². The van der Waals surface area contributed by atoms with Crippen LogP contribution in [0, 0.1) is 5.41 Å². The number of carbonyl (C=O) groups is 3. The Labute approximate surface area is 166 Å². The summed E-state index contributed by atoms with van der Waals surface area (Å²) in [6.45, 7) is 0. The van der Waals surface area contributed by atoms with Gasteiger partial charge in [-0.05, 0) is 23.1 Å². The second kappa shape index (κ2) is 6.21. The predicted molar refractivity (Wildman–Crippen MR) is 109 cm³/mol. The van der Waals surface area contributed by atoms with E-state index in [-0.39, 0.29) is 23.8 Å². The van der Waals surface area contributed by atoms with E-state index in [9.17, 15) is 14.4 Å². The average molecular weight is 384 g/mol. The zero-order valence-corrected chi connectivity index (χ0v) is 15.7. The van der Waals surface area contributed by atoms with Crippen LogP contribution in [0.4, 0.5) is 0 Å². The van der Waals surface area contributed by atoms with Crippen LogP contribution in [0.2, 0.25) is 0 Å². The predicted octanol–water partition coefficient (Wildman–Crippen LogP) is 4.95. The Hall–Kier alpha value is -3.11. The molecule has 1 spiro atoms. The second-order valence-electron chi connectivity index (χ2n) is 7.18. The molecule has 1 atom stereocenters. The van der Waals surface area contributed by atoms with Gasteiger partial charge in [-0.3, -0.25) is 14.4 Å². The van der Waals surface area contributed by atoms with Crippen molar-refractivity contribution in [3.63, 3.8) is 0 Å². The molecule has 1 unspecified atom stereocenters. The molecule has 2 aliphatic carbocycles. The Kier molecular flexibility index (Phi) is 3.78. The molecule has 2 aliphatic rings. The lowest BCUT2D eigenvalue weighted by atomic mass is 9.70. The summed E-state index contributed by atoms with van der Waals surface area (Å²) in [4.78, 5) is 41.4. The maximum Gasteiger partial charge on any atom is 0.182 e. The fraction of sp³-hybridized carbons (Fsp3) is 0.125. The zero-order chi connectivity index (χ0) is 19.3. The lowest BCUT2D eigenvalue weighted by Crippen LogP contribution is -2.37. The molecule has 2 aromatic carbocycles. The molecule has 0 saturated heterocycles. The molecule has 1 fully saturated rings. The zero-order valence-electron chi connectivity index (χ0n) is 14.9. The monoisotopic (exact) mass is 384 g/mol. The van der Waals surface area contributed by atoms with Gasteiger partial charge in [0, 0.05) is 33.9 Å². The summed E-state index contributed by atoms with van der Waals surface area (Å²) in [5.41, 5.74) is 0.518. The van der Waals surface area contributed by atoms with Gasteiger partial charge in [0.15, 0.2) is 17.3 Å². The van der Waals surface area contributed by atoms with E-state index in [1.54, 1.807) is 30.3 Å². The molecular weight excluding hydrogens is 368 g/mol. The van der Waals surface area contributed by atoms with E-state index in [0.29, 0.717) is 16.7 Å². The summed E-state index contributed by atoms with van der Waals surface area (Å²) in [6, 6.07) is 20.1. The molecule has 136 valence electrons. The molecule has 3 aromatic rings. The summed E-state index contributed by atoms with van der Waals surface area (Å²) in [6.07, 6.45) is 1.91. The highest BCUT2D eigenvalue weighted by Gasteiger charge is 2.65. The van der Waals surface area contributed by atoms with Crippen LogP contribution < -0.4 is 0 Å². The van der Waals surface area contributed by atoms with Crippen LogP contribution in [0.1, 0.15) is 43.5 Å². The van der Waals surface area contributed by atoms with E-state index in [4.69, 9.17) is 0 Å². The number of carbonyl (C=O) groups excluding carboxylic acids is 3. The summed E-state index contributed by atoms with van der Waals surface area (Å²) in [5.74, 6) is -1.09. The molecule has 0 amide bonds. The van der Waals surface area contributed by atoms with E-state index in [1.165, 1.54) is 11.3 Å². The molecule has 1 saturated carbocycles. The summed E-state index contributed by atoms with van der Waals surface area (Å²) in [5, 5.41) is 1.92. The molecule has 5 rings (SSSR count). The van der Waals surface area contributed by atoms with Gasteiger partial charge in [-0.15, -0.1) is 11.3 Å². The van der Waals surface area contributed by atoms with Crippen LogP contribution in [-0.4, -0.2) is 17.3 Å². The first-order valence-corrected chi connectivity index (χ1v) is 10.0. The first kappa shape index (κ1) is 17.0. The fourth-order valence-corrected chi connectivity index (χ4v) is 5.43. The van der Waals surface area contributed by atoms with Crippen LogP contribution in [0.15, 0.2) is 77.7 Å². The van der Waals surface area contributed by atoms with E-state index in [2.05, 4.69) is 0 Å². The Morgan fingerprint density at radius 3 is 2.07 bits per heavy atom. The van der Waals surface area contributed by atoms with Crippen LogP contribution in [0.5, 0.6) is 0 Å². The van der Waals surface area contributed by atoms with Crippen molar-refractivity contribution in [1.82, 2.24) is 0 Å². The van der Waals surface area contributed by atoms with Gasteiger partial charge in [0.2, 0.25) is 0 Å². The Morgan fingerprint density at radius 2 is 1.46 bits per heavy atom. The minimum absolute atomic E-state index is 0.128. The highest BCUT2D eigenvalue weighted by molar-refractivity contribution is 7.10. The second-order valence-corrected chi connectivity index (χ2v) is 8.16. The highest BCUT2D eigenvalue weighted by Crippen LogP contribution is 2.59. The number of ketones is 3. The minimum atomic E-state index is -1.46. The maximum absolute atomic E-state index is 13.7. The SMILES string of the molecule is O=C1CC(c2cccs2)C2(C(=O)c3ccccc3C2=O)/C1=C\c1ccccc1. The van der Waals surface area contributed by atoms with Gasteiger partial charge in [-0.1, -0.05) is 60.7 Å². The van der Waals surface area contributed by atoms with Gasteiger partial charge < -0.3 is 0 Å². The number of fused-ring (bicyclic) bond motifs is 1. The number of hydrogen-bond donors (Lipinski definition) is 0. The van der Waals surface area contributed by atoms with E-state index in [1.807, 2.05) is 47.8 Å². The van der Waals surface area contributed by atoms with Gasteiger partial charge in [0.25, 0.3) is 0 Å². The summed E-state index contributed by atoms with van der Waals surface area (Å²) < 4.78 is 0. The van der Waals surface area contributed by atoms with Crippen molar-refractivity contribution < 1.29 is 14.4 Å². The summed E-state index contributed by atoms with van der Waals surface area (Å²) in [7, 11) is 0. The quantitative estimate of drug-likeness (QED) is 0.464. The maximum atomic E-state index is 13.7. The van der Waals surface area contributed by atoms with E-state index in [0.717, 1.165) is 10.4 Å². The molecule has 1 heterocycles. The summed E-state index contributed by atoms with van der Waals surface area (Å²) >= 11 is 1.49. The van der Waals surface area contributed by atoms with Crippen molar-refractivity contribution in [3.05, 3.63) is 99.3 Å². The van der Waals surface area contributed by atoms with E-state index < -0.39 is 11.3 Å². The number of Topliss-reactive ketones (excluding diaryl/α,β-unsaturated/α-hetero) is 3. The standard InChI is InChI=1S/C24H16O3S/c25-20-14-19(21-11-6-12-28-21)24(18(20)13-15-7-2-1-3-8-15)22(26)16-9-4-5-10-17(16)23(24)27/h1-13,19H,14H2/b18-13-. The van der Waals surface area contributed by atoms with Crippen molar-refractivity contribution in [2.24, 2.45) is 5.41 Å².